The molecule has 1 fully saturated rings. The van der Waals surface area contributed by atoms with E-state index in [0.717, 1.165) is 37.2 Å². The summed E-state index contributed by atoms with van der Waals surface area (Å²) in [5, 5.41) is 0. The molecular formula is C52H73FO13. The fourth-order valence-electron chi connectivity index (χ4n) is 7.64. The topological polar surface area (TPSA) is 167 Å². The normalized spacial score (nSPS) is 14.9. The van der Waals surface area contributed by atoms with Crippen molar-refractivity contribution in [1.29, 1.82) is 0 Å². The highest BCUT2D eigenvalue weighted by Gasteiger charge is 2.27. The quantitative estimate of drug-likeness (QED) is 0.0239. The van der Waals surface area contributed by atoms with Crippen LogP contribution in [0.4, 0.5) is 4.39 Å². The SMILES string of the molecule is C=C(C)C(=O)OCCCc1cc(-c2ccc(C3CCC(CCCCC)CC3)cc2F)cc(CCCOC(=O)C(C)(C)C)c1OCC(COC(=O)C(=O)CCOC)COC(=O)C(=O)CCOC. The molecular weight excluding hydrogens is 852 g/mol. The number of benzene rings is 2. The molecule has 0 saturated heterocycles. The highest BCUT2D eigenvalue weighted by atomic mass is 19.1. The second kappa shape index (κ2) is 28.9. The van der Waals surface area contributed by atoms with Crippen LogP contribution >= 0.6 is 0 Å². The van der Waals surface area contributed by atoms with E-state index in [1.54, 1.807) is 33.8 Å². The minimum atomic E-state index is -1.11. The molecule has 1 saturated carbocycles. The molecule has 14 heteroatoms. The Labute approximate surface area is 390 Å². The van der Waals surface area contributed by atoms with Gasteiger partial charge in [0.1, 0.15) is 24.8 Å². The summed E-state index contributed by atoms with van der Waals surface area (Å²) >= 11 is 0. The predicted molar refractivity (Wildman–Crippen MR) is 247 cm³/mol. The van der Waals surface area contributed by atoms with E-state index in [2.05, 4.69) is 13.5 Å². The molecule has 0 heterocycles. The number of unbranched alkanes of at least 4 members (excludes halogenated alkanes) is 2. The Bertz CT molecular complexity index is 1890. The Morgan fingerprint density at radius 2 is 1.27 bits per heavy atom. The molecule has 0 aromatic heterocycles. The van der Waals surface area contributed by atoms with E-state index in [1.807, 2.05) is 24.3 Å². The first-order chi connectivity index (χ1) is 31.5. The van der Waals surface area contributed by atoms with E-state index in [0.29, 0.717) is 53.7 Å². The first-order valence-corrected chi connectivity index (χ1v) is 23.4. The van der Waals surface area contributed by atoms with Crippen molar-refractivity contribution in [3.63, 3.8) is 0 Å². The van der Waals surface area contributed by atoms with Crippen molar-refractivity contribution < 1.29 is 66.3 Å². The molecule has 0 aliphatic heterocycles. The molecule has 66 heavy (non-hydrogen) atoms. The van der Waals surface area contributed by atoms with Crippen molar-refractivity contribution in [2.45, 2.75) is 130 Å². The van der Waals surface area contributed by atoms with Gasteiger partial charge in [-0.15, -0.1) is 0 Å². The van der Waals surface area contributed by atoms with Gasteiger partial charge >= 0.3 is 23.9 Å². The Hall–Kier alpha value is -4.95. The minimum absolute atomic E-state index is 0.0131. The van der Waals surface area contributed by atoms with Crippen molar-refractivity contribution in [1.82, 2.24) is 0 Å². The smallest absolute Gasteiger partial charge is 0.374 e. The predicted octanol–water partition coefficient (Wildman–Crippen LogP) is 9.21. The zero-order valence-corrected chi connectivity index (χ0v) is 40.4. The molecule has 0 unspecified atom stereocenters. The van der Waals surface area contributed by atoms with Gasteiger partial charge in [-0.05, 0) is 131 Å². The van der Waals surface area contributed by atoms with Crippen molar-refractivity contribution in [3.05, 3.63) is 65.0 Å². The molecule has 13 nitrogen and oxygen atoms in total. The van der Waals surface area contributed by atoms with Gasteiger partial charge in [-0.2, -0.15) is 0 Å². The summed E-state index contributed by atoms with van der Waals surface area (Å²) < 4.78 is 54.4. The third-order valence-electron chi connectivity index (χ3n) is 11.6. The summed E-state index contributed by atoms with van der Waals surface area (Å²) in [5.74, 6) is -4.55. The molecule has 2 aromatic rings. The lowest BCUT2D eigenvalue weighted by atomic mass is 9.77. The number of Topliss-reactive ketones (excluding diaryl/α,β-unsaturated/α-hetero) is 2. The summed E-state index contributed by atoms with van der Waals surface area (Å²) in [6, 6.07) is 9.15. The second-order valence-corrected chi connectivity index (χ2v) is 18.3. The number of hydrogen-bond acceptors (Lipinski definition) is 13. The Morgan fingerprint density at radius 3 is 1.77 bits per heavy atom. The van der Waals surface area contributed by atoms with Gasteiger partial charge in [0.25, 0.3) is 0 Å². The monoisotopic (exact) mass is 925 g/mol. The van der Waals surface area contributed by atoms with E-state index >= 15 is 4.39 Å². The molecule has 1 aliphatic carbocycles. The van der Waals surface area contributed by atoms with Crippen LogP contribution in [-0.2, 0) is 70.0 Å². The average molecular weight is 925 g/mol. The molecule has 1 aliphatic rings. The standard InChI is InChI=1S/C52H73FO13/c1-9-10-11-14-36-17-19-38(20-18-36)39-21-22-43(44(53)31-39)42-29-40(15-12-25-62-48(56)35(2)3)47(41(30-42)16-13-26-63-51(59)52(4,5)6)64-32-37(33-65-49(57)45(54)23-27-60-7)34-66-50(58)46(55)24-28-61-8/h21-22,29-31,36-38H,2,9-20,23-28,32-34H2,1,3-8H3. The lowest BCUT2D eigenvalue weighted by molar-refractivity contribution is -0.159. The van der Waals surface area contributed by atoms with Crippen LogP contribution < -0.4 is 4.74 Å². The van der Waals surface area contributed by atoms with E-state index in [9.17, 15) is 28.8 Å². The molecule has 0 N–H and O–H groups in total. The molecule has 366 valence electrons. The molecule has 0 bridgehead atoms. The first-order valence-electron chi connectivity index (χ1n) is 23.4. The lowest BCUT2D eigenvalue weighted by Gasteiger charge is -2.29. The minimum Gasteiger partial charge on any atom is -0.492 e. The van der Waals surface area contributed by atoms with Crippen molar-refractivity contribution >= 4 is 35.4 Å². The van der Waals surface area contributed by atoms with Crippen LogP contribution in [0.3, 0.4) is 0 Å². The molecule has 2 aromatic carbocycles. The zero-order valence-electron chi connectivity index (χ0n) is 40.4. The number of esters is 4. The number of halogens is 1. The fourth-order valence-corrected chi connectivity index (χ4v) is 7.64. The Balaban J connectivity index is 2.03. The number of rotatable bonds is 30. The van der Waals surface area contributed by atoms with E-state index in [4.69, 9.17) is 33.2 Å². The number of methoxy groups -OCH3 is 2. The zero-order chi connectivity index (χ0) is 48.6. The van der Waals surface area contributed by atoms with Crippen LogP contribution in [0.1, 0.15) is 134 Å². The van der Waals surface area contributed by atoms with Crippen LogP contribution in [0.2, 0.25) is 0 Å². The number of ether oxygens (including phenoxy) is 7. The first kappa shape index (κ1) is 55.4. The van der Waals surface area contributed by atoms with Gasteiger partial charge in [-0.3, -0.25) is 14.4 Å². The van der Waals surface area contributed by atoms with Crippen LogP contribution in [0.25, 0.3) is 11.1 Å². The number of carbonyl (C=O) groups is 6. The van der Waals surface area contributed by atoms with Gasteiger partial charge in [-0.1, -0.05) is 51.3 Å². The molecule has 0 radical (unpaired) electrons. The Morgan fingerprint density at radius 1 is 0.712 bits per heavy atom. The number of carbonyl (C=O) groups excluding carboxylic acids is 6. The van der Waals surface area contributed by atoms with E-state index in [-0.39, 0.29) is 69.2 Å². The van der Waals surface area contributed by atoms with Gasteiger partial charge in [0, 0.05) is 38.2 Å². The lowest BCUT2D eigenvalue weighted by Crippen LogP contribution is -2.30. The van der Waals surface area contributed by atoms with Crippen molar-refractivity contribution in [2.75, 3.05) is 60.5 Å². The van der Waals surface area contributed by atoms with Gasteiger partial charge in [0.15, 0.2) is 0 Å². The Kier molecular flexibility index (Phi) is 24.3. The van der Waals surface area contributed by atoms with E-state index < -0.39 is 54.0 Å². The fraction of sp³-hybridized carbons (Fsp3) is 0.615. The van der Waals surface area contributed by atoms with Crippen LogP contribution in [0, 0.1) is 23.1 Å². The van der Waals surface area contributed by atoms with Gasteiger partial charge in [0.05, 0.1) is 44.4 Å². The van der Waals surface area contributed by atoms with Crippen LogP contribution in [0.5, 0.6) is 5.75 Å². The maximum atomic E-state index is 16.4. The highest BCUT2D eigenvalue weighted by Crippen LogP contribution is 2.40. The summed E-state index contributed by atoms with van der Waals surface area (Å²) in [4.78, 5) is 74.9. The number of aryl methyl sites for hydroxylation is 2. The maximum Gasteiger partial charge on any atom is 0.374 e. The van der Waals surface area contributed by atoms with Crippen molar-refractivity contribution in [3.8, 4) is 16.9 Å². The van der Waals surface area contributed by atoms with Gasteiger partial charge in [0.2, 0.25) is 11.6 Å². The van der Waals surface area contributed by atoms with Crippen molar-refractivity contribution in [2.24, 2.45) is 17.3 Å². The largest absolute Gasteiger partial charge is 0.492 e. The molecule has 0 atom stereocenters. The summed E-state index contributed by atoms with van der Waals surface area (Å²) in [6.07, 6.45) is 10.3. The third-order valence-corrected chi connectivity index (χ3v) is 11.6. The van der Waals surface area contributed by atoms with Crippen LogP contribution in [0.15, 0.2) is 42.5 Å². The summed E-state index contributed by atoms with van der Waals surface area (Å²) in [5.41, 5.74) is 2.79. The molecule has 0 amide bonds. The summed E-state index contributed by atoms with van der Waals surface area (Å²) in [7, 11) is 2.79. The van der Waals surface area contributed by atoms with E-state index in [1.165, 1.54) is 39.9 Å². The second-order valence-electron chi connectivity index (χ2n) is 18.3. The highest BCUT2D eigenvalue weighted by molar-refractivity contribution is 6.34. The van der Waals surface area contributed by atoms with Crippen LogP contribution in [-0.4, -0.2) is 95.9 Å². The number of ketones is 2. The molecule has 3 rings (SSSR count). The number of hydrogen-bond donors (Lipinski definition) is 0. The molecule has 0 spiro atoms. The third kappa shape index (κ3) is 19.1. The van der Waals surface area contributed by atoms with Gasteiger partial charge < -0.3 is 33.2 Å². The average Bonchev–Trinajstić information content (AvgIpc) is 3.29. The maximum absolute atomic E-state index is 16.4. The summed E-state index contributed by atoms with van der Waals surface area (Å²) in [6.45, 7) is 11.9. The van der Waals surface area contributed by atoms with Gasteiger partial charge in [-0.25, -0.2) is 18.8 Å².